The summed E-state index contributed by atoms with van der Waals surface area (Å²) in [6, 6.07) is 8.23. The van der Waals surface area contributed by atoms with E-state index in [0.29, 0.717) is 6.54 Å². The minimum atomic E-state index is 0. The summed E-state index contributed by atoms with van der Waals surface area (Å²) in [6.07, 6.45) is 3.71. The summed E-state index contributed by atoms with van der Waals surface area (Å²) in [4.78, 5) is 6.46. The number of ether oxygens (including phenoxy) is 1. The molecule has 1 aromatic carbocycles. The Hall–Kier alpha value is -1.02. The summed E-state index contributed by atoms with van der Waals surface area (Å²) in [6.45, 7) is 3.54. The van der Waals surface area contributed by atoms with Crippen LogP contribution in [0.2, 0.25) is 0 Å². The molecule has 0 atom stereocenters. The third-order valence-electron chi connectivity index (χ3n) is 3.89. The minimum absolute atomic E-state index is 0. The predicted octanol–water partition coefficient (Wildman–Crippen LogP) is 2.71. The Morgan fingerprint density at radius 3 is 2.67 bits per heavy atom. The molecule has 0 amide bonds. The van der Waals surface area contributed by atoms with E-state index in [1.54, 1.807) is 7.05 Å². The topological polar surface area (TPSA) is 48.9 Å². The Morgan fingerprint density at radius 2 is 2.00 bits per heavy atom. The fourth-order valence-electron chi connectivity index (χ4n) is 2.28. The molecule has 1 aliphatic carbocycles. The van der Waals surface area contributed by atoms with Gasteiger partial charge in [0.15, 0.2) is 5.96 Å². The van der Waals surface area contributed by atoms with E-state index in [-0.39, 0.29) is 24.0 Å². The van der Waals surface area contributed by atoms with Crippen LogP contribution in [0.5, 0.6) is 5.75 Å². The molecular weight excluding hydrogens is 415 g/mol. The molecule has 1 aliphatic rings. The summed E-state index contributed by atoms with van der Waals surface area (Å²) in [5, 5.41) is 6.71. The van der Waals surface area contributed by atoms with Crippen LogP contribution in [0.3, 0.4) is 0 Å². The van der Waals surface area contributed by atoms with Crippen LogP contribution >= 0.6 is 24.0 Å². The van der Waals surface area contributed by atoms with Gasteiger partial charge in [0.1, 0.15) is 5.75 Å². The van der Waals surface area contributed by atoms with E-state index in [0.717, 1.165) is 43.7 Å². The molecule has 0 aliphatic heterocycles. The lowest BCUT2D eigenvalue weighted by Crippen LogP contribution is -2.38. The van der Waals surface area contributed by atoms with E-state index in [1.807, 2.05) is 18.2 Å². The van der Waals surface area contributed by atoms with Gasteiger partial charge in [-0.3, -0.25) is 4.99 Å². The molecule has 0 spiro atoms. The van der Waals surface area contributed by atoms with Gasteiger partial charge in [0.05, 0.1) is 6.61 Å². The average molecular weight is 446 g/mol. The average Bonchev–Trinajstić information content (AvgIpc) is 3.37. The van der Waals surface area contributed by atoms with Gasteiger partial charge in [-0.1, -0.05) is 18.2 Å². The maximum absolute atomic E-state index is 5.95. The third kappa shape index (κ3) is 8.19. The molecule has 0 heterocycles. The fourth-order valence-corrected chi connectivity index (χ4v) is 2.28. The second-order valence-corrected chi connectivity index (χ2v) is 6.37. The molecule has 5 nitrogen and oxygen atoms in total. The molecule has 1 saturated carbocycles. The van der Waals surface area contributed by atoms with Crippen molar-refractivity contribution >= 4 is 29.9 Å². The first kappa shape index (κ1) is 21.0. The lowest BCUT2D eigenvalue weighted by Gasteiger charge is -2.15. The Labute approximate surface area is 163 Å². The van der Waals surface area contributed by atoms with Crippen molar-refractivity contribution in [3.63, 3.8) is 0 Å². The van der Waals surface area contributed by atoms with Crippen molar-refractivity contribution in [1.29, 1.82) is 0 Å². The summed E-state index contributed by atoms with van der Waals surface area (Å²) in [5.74, 6) is 2.58. The highest BCUT2D eigenvalue weighted by atomic mass is 127. The highest BCUT2D eigenvalue weighted by Crippen LogP contribution is 2.30. The first-order valence-electron chi connectivity index (χ1n) is 8.49. The molecule has 0 radical (unpaired) electrons. The van der Waals surface area contributed by atoms with Gasteiger partial charge in [-0.2, -0.15) is 0 Å². The van der Waals surface area contributed by atoms with Gasteiger partial charge in [-0.05, 0) is 51.9 Å². The van der Waals surface area contributed by atoms with E-state index in [1.165, 1.54) is 18.4 Å². The van der Waals surface area contributed by atoms with Crippen LogP contribution in [0.25, 0.3) is 0 Å². The second-order valence-electron chi connectivity index (χ2n) is 6.37. The van der Waals surface area contributed by atoms with E-state index >= 15 is 0 Å². The van der Waals surface area contributed by atoms with Crippen molar-refractivity contribution in [2.24, 2.45) is 10.9 Å². The molecule has 1 aromatic rings. The van der Waals surface area contributed by atoms with Crippen LogP contribution in [0.4, 0.5) is 0 Å². The van der Waals surface area contributed by atoms with Crippen molar-refractivity contribution in [3.8, 4) is 5.75 Å². The van der Waals surface area contributed by atoms with Crippen LogP contribution in [-0.2, 0) is 6.54 Å². The van der Waals surface area contributed by atoms with Crippen LogP contribution in [-0.4, -0.2) is 51.7 Å². The number of nitrogens with zero attached hydrogens (tertiary/aromatic N) is 2. The molecule has 0 aromatic heterocycles. The summed E-state index contributed by atoms with van der Waals surface area (Å²) in [5.41, 5.74) is 1.17. The Bertz CT molecular complexity index is 504. The lowest BCUT2D eigenvalue weighted by atomic mass is 10.2. The SMILES string of the molecule is CN=C(NCCCN(C)C)NCc1ccccc1OCC1CC1.I. The monoisotopic (exact) mass is 446 g/mol. The molecule has 2 rings (SSSR count). The quantitative estimate of drug-likeness (QED) is 0.265. The molecule has 0 unspecified atom stereocenters. The second kappa shape index (κ2) is 11.5. The predicted molar refractivity (Wildman–Crippen MR) is 111 cm³/mol. The van der Waals surface area contributed by atoms with Gasteiger partial charge in [-0.25, -0.2) is 0 Å². The van der Waals surface area contributed by atoms with E-state index in [9.17, 15) is 0 Å². The van der Waals surface area contributed by atoms with Crippen molar-refractivity contribution < 1.29 is 4.74 Å². The molecular formula is C18H31IN4O. The zero-order valence-electron chi connectivity index (χ0n) is 15.0. The number of rotatable bonds is 9. The number of nitrogens with one attached hydrogen (secondary N) is 2. The summed E-state index contributed by atoms with van der Waals surface area (Å²) in [7, 11) is 5.98. The number of hydrogen-bond donors (Lipinski definition) is 2. The standard InChI is InChI=1S/C18H30N4O.HI/c1-19-18(20-11-6-12-22(2)3)21-13-16-7-4-5-8-17(16)23-14-15-9-10-15;/h4-5,7-8,15H,6,9-14H2,1-3H3,(H2,19,20,21);1H. The Kier molecular flexibility index (Phi) is 10.1. The fraction of sp³-hybridized carbons (Fsp3) is 0.611. The molecule has 1 fully saturated rings. The molecule has 0 bridgehead atoms. The van der Waals surface area contributed by atoms with Crippen molar-refractivity contribution in [2.45, 2.75) is 25.8 Å². The zero-order chi connectivity index (χ0) is 16.5. The zero-order valence-corrected chi connectivity index (χ0v) is 17.4. The smallest absolute Gasteiger partial charge is 0.191 e. The van der Waals surface area contributed by atoms with Crippen LogP contribution in [0.1, 0.15) is 24.8 Å². The van der Waals surface area contributed by atoms with Gasteiger partial charge in [0.25, 0.3) is 0 Å². The molecule has 24 heavy (non-hydrogen) atoms. The number of benzene rings is 1. The Morgan fingerprint density at radius 1 is 1.25 bits per heavy atom. The lowest BCUT2D eigenvalue weighted by molar-refractivity contribution is 0.296. The first-order valence-corrected chi connectivity index (χ1v) is 8.49. The third-order valence-corrected chi connectivity index (χ3v) is 3.89. The number of guanidine groups is 1. The van der Waals surface area contributed by atoms with Crippen molar-refractivity contribution in [2.75, 3.05) is 40.8 Å². The van der Waals surface area contributed by atoms with Crippen molar-refractivity contribution in [3.05, 3.63) is 29.8 Å². The van der Waals surface area contributed by atoms with Crippen molar-refractivity contribution in [1.82, 2.24) is 15.5 Å². The van der Waals surface area contributed by atoms with E-state index < -0.39 is 0 Å². The maximum atomic E-state index is 5.95. The molecule has 2 N–H and O–H groups in total. The van der Waals surface area contributed by atoms with Crippen LogP contribution in [0.15, 0.2) is 29.3 Å². The summed E-state index contributed by atoms with van der Waals surface area (Å²) >= 11 is 0. The minimum Gasteiger partial charge on any atom is -0.493 e. The molecule has 136 valence electrons. The van der Waals surface area contributed by atoms with Crippen LogP contribution in [0, 0.1) is 5.92 Å². The molecule has 6 heteroatoms. The number of halogens is 1. The largest absolute Gasteiger partial charge is 0.493 e. The first-order chi connectivity index (χ1) is 11.2. The van der Waals surface area contributed by atoms with Gasteiger partial charge >= 0.3 is 0 Å². The normalized spacial score (nSPS) is 14.2. The van der Waals surface area contributed by atoms with Crippen LogP contribution < -0.4 is 15.4 Å². The number of hydrogen-bond acceptors (Lipinski definition) is 3. The highest BCUT2D eigenvalue weighted by Gasteiger charge is 2.22. The maximum Gasteiger partial charge on any atom is 0.191 e. The van der Waals surface area contributed by atoms with Gasteiger partial charge in [0.2, 0.25) is 0 Å². The van der Waals surface area contributed by atoms with E-state index in [4.69, 9.17) is 4.74 Å². The Balaban J connectivity index is 0.00000288. The molecule has 0 saturated heterocycles. The van der Waals surface area contributed by atoms with Gasteiger partial charge in [0, 0.05) is 25.7 Å². The number of para-hydroxylation sites is 1. The van der Waals surface area contributed by atoms with E-state index in [2.05, 4.69) is 40.7 Å². The number of aliphatic imine (C=N–C) groups is 1. The van der Waals surface area contributed by atoms with Gasteiger partial charge < -0.3 is 20.3 Å². The highest BCUT2D eigenvalue weighted by molar-refractivity contribution is 14.0. The summed E-state index contributed by atoms with van der Waals surface area (Å²) < 4.78 is 5.95. The van der Waals surface area contributed by atoms with Gasteiger partial charge in [-0.15, -0.1) is 24.0 Å².